The Morgan fingerprint density at radius 1 is 1.24 bits per heavy atom. The van der Waals surface area contributed by atoms with Crippen molar-refractivity contribution in [1.82, 2.24) is 5.32 Å². The predicted octanol–water partition coefficient (Wildman–Crippen LogP) is 1.66. The number of nitrogens with one attached hydrogen (secondary N) is 1. The Morgan fingerprint density at radius 2 is 1.76 bits per heavy atom. The van der Waals surface area contributed by atoms with Gasteiger partial charge in [0.1, 0.15) is 11.9 Å². The summed E-state index contributed by atoms with van der Waals surface area (Å²) in [4.78, 5) is 22.9. The molecule has 0 spiro atoms. The molecule has 17 heavy (non-hydrogen) atoms. The summed E-state index contributed by atoms with van der Waals surface area (Å²) in [6, 6.07) is 0. The van der Waals surface area contributed by atoms with E-state index < -0.39 is 6.10 Å². The van der Waals surface area contributed by atoms with Crippen LogP contribution in [0.5, 0.6) is 0 Å². The highest BCUT2D eigenvalue weighted by Gasteiger charge is 2.20. The van der Waals surface area contributed by atoms with E-state index in [-0.39, 0.29) is 23.1 Å². The van der Waals surface area contributed by atoms with Crippen molar-refractivity contribution >= 4 is 11.7 Å². The first kappa shape index (κ1) is 16.1. The third-order valence-corrected chi connectivity index (χ3v) is 2.35. The number of Topliss-reactive ketones (excluding diaryl/α,β-unsaturated/α-hetero) is 1. The lowest BCUT2D eigenvalue weighted by molar-refractivity contribution is -0.131. The summed E-state index contributed by atoms with van der Waals surface area (Å²) in [5.41, 5.74) is -0.341. The predicted molar refractivity (Wildman–Crippen MR) is 67.6 cm³/mol. The van der Waals surface area contributed by atoms with Crippen molar-refractivity contribution in [1.29, 1.82) is 0 Å². The van der Waals surface area contributed by atoms with Crippen LogP contribution in [-0.4, -0.2) is 28.4 Å². The zero-order chi connectivity index (χ0) is 13.6. The summed E-state index contributed by atoms with van der Waals surface area (Å²) in [6.45, 7) is 9.29. The average molecular weight is 243 g/mol. The van der Waals surface area contributed by atoms with Crippen LogP contribution in [0.3, 0.4) is 0 Å². The standard InChI is InChI=1S/C13H25NO3/c1-9(2)10(15)7-6-8-11(16)12(17)14-13(3,4)5/h9,11,16H,6-8H2,1-5H3,(H,14,17)/t11-/m1/s1. The molecule has 0 unspecified atom stereocenters. The number of aliphatic hydroxyl groups is 1. The second kappa shape index (κ2) is 6.74. The van der Waals surface area contributed by atoms with Crippen LogP contribution in [0.15, 0.2) is 0 Å². The molecule has 0 aliphatic carbocycles. The van der Waals surface area contributed by atoms with E-state index in [1.165, 1.54) is 0 Å². The number of ketones is 1. The highest BCUT2D eigenvalue weighted by Crippen LogP contribution is 2.08. The molecule has 0 heterocycles. The van der Waals surface area contributed by atoms with Gasteiger partial charge in [-0.3, -0.25) is 9.59 Å². The Balaban J connectivity index is 3.91. The number of hydrogen-bond acceptors (Lipinski definition) is 3. The topological polar surface area (TPSA) is 66.4 Å². The maximum absolute atomic E-state index is 11.5. The summed E-state index contributed by atoms with van der Waals surface area (Å²) in [7, 11) is 0. The van der Waals surface area contributed by atoms with Crippen molar-refractivity contribution < 1.29 is 14.7 Å². The SMILES string of the molecule is CC(C)C(=O)CCC[C@@H](O)C(=O)NC(C)(C)C. The highest BCUT2D eigenvalue weighted by atomic mass is 16.3. The first-order chi connectivity index (χ1) is 7.63. The van der Waals surface area contributed by atoms with Crippen molar-refractivity contribution in [3.63, 3.8) is 0 Å². The molecule has 0 aromatic carbocycles. The van der Waals surface area contributed by atoms with Gasteiger partial charge in [0.05, 0.1) is 0 Å². The molecule has 0 fully saturated rings. The minimum absolute atomic E-state index is 0.0237. The van der Waals surface area contributed by atoms with Gasteiger partial charge in [-0.05, 0) is 33.6 Å². The zero-order valence-electron chi connectivity index (χ0n) is 11.5. The van der Waals surface area contributed by atoms with Crippen molar-refractivity contribution in [3.05, 3.63) is 0 Å². The smallest absolute Gasteiger partial charge is 0.249 e. The van der Waals surface area contributed by atoms with Gasteiger partial charge in [-0.25, -0.2) is 0 Å². The van der Waals surface area contributed by atoms with Gasteiger partial charge in [-0.2, -0.15) is 0 Å². The van der Waals surface area contributed by atoms with Crippen LogP contribution in [0.1, 0.15) is 53.9 Å². The zero-order valence-corrected chi connectivity index (χ0v) is 11.5. The number of aliphatic hydroxyl groups excluding tert-OH is 1. The molecular weight excluding hydrogens is 218 g/mol. The average Bonchev–Trinajstić information content (AvgIpc) is 2.14. The van der Waals surface area contributed by atoms with E-state index >= 15 is 0 Å². The maximum Gasteiger partial charge on any atom is 0.249 e. The van der Waals surface area contributed by atoms with Gasteiger partial charge >= 0.3 is 0 Å². The Labute approximate surface area is 104 Å². The van der Waals surface area contributed by atoms with Gasteiger partial charge in [0.2, 0.25) is 5.91 Å². The van der Waals surface area contributed by atoms with Gasteiger partial charge in [-0.15, -0.1) is 0 Å². The molecule has 0 radical (unpaired) electrons. The number of carbonyl (C=O) groups excluding carboxylic acids is 2. The Morgan fingerprint density at radius 3 is 2.18 bits per heavy atom. The largest absolute Gasteiger partial charge is 0.383 e. The number of rotatable bonds is 6. The van der Waals surface area contributed by atoms with E-state index in [4.69, 9.17) is 0 Å². The molecule has 100 valence electrons. The fraction of sp³-hybridized carbons (Fsp3) is 0.846. The lowest BCUT2D eigenvalue weighted by Crippen LogP contribution is -2.45. The third kappa shape index (κ3) is 7.91. The van der Waals surface area contributed by atoms with Crippen LogP contribution < -0.4 is 5.32 Å². The lowest BCUT2D eigenvalue weighted by atomic mass is 10.0. The number of carbonyl (C=O) groups is 2. The second-order valence-electron chi connectivity index (χ2n) is 5.77. The van der Waals surface area contributed by atoms with Crippen LogP contribution in [0, 0.1) is 5.92 Å². The second-order valence-corrected chi connectivity index (χ2v) is 5.77. The monoisotopic (exact) mass is 243 g/mol. The van der Waals surface area contributed by atoms with E-state index in [9.17, 15) is 14.7 Å². The number of hydrogen-bond donors (Lipinski definition) is 2. The lowest BCUT2D eigenvalue weighted by Gasteiger charge is -2.22. The molecule has 1 amide bonds. The van der Waals surface area contributed by atoms with Crippen LogP contribution in [0.2, 0.25) is 0 Å². The van der Waals surface area contributed by atoms with Gasteiger partial charge < -0.3 is 10.4 Å². The summed E-state index contributed by atoms with van der Waals surface area (Å²) in [5, 5.41) is 12.3. The fourth-order valence-electron chi connectivity index (χ4n) is 1.34. The normalized spacial score (nSPS) is 13.6. The molecule has 0 saturated carbocycles. The summed E-state index contributed by atoms with van der Waals surface area (Å²) < 4.78 is 0. The maximum atomic E-state index is 11.5. The van der Waals surface area contributed by atoms with Crippen molar-refractivity contribution in [3.8, 4) is 0 Å². The molecule has 0 bridgehead atoms. The van der Waals surface area contributed by atoms with Gasteiger partial charge in [0.25, 0.3) is 0 Å². The quantitative estimate of drug-likeness (QED) is 0.745. The molecular formula is C13H25NO3. The van der Waals surface area contributed by atoms with Gasteiger partial charge in [0, 0.05) is 17.9 Å². The Hall–Kier alpha value is -0.900. The van der Waals surface area contributed by atoms with Crippen molar-refractivity contribution in [2.24, 2.45) is 5.92 Å². The highest BCUT2D eigenvalue weighted by molar-refractivity contribution is 5.82. The summed E-state index contributed by atoms with van der Waals surface area (Å²) >= 11 is 0. The van der Waals surface area contributed by atoms with Crippen LogP contribution in [0.4, 0.5) is 0 Å². The molecule has 0 rings (SSSR count). The van der Waals surface area contributed by atoms with Crippen LogP contribution >= 0.6 is 0 Å². The van der Waals surface area contributed by atoms with E-state index in [1.54, 1.807) is 0 Å². The van der Waals surface area contributed by atoms with Gasteiger partial charge in [0.15, 0.2) is 0 Å². The minimum atomic E-state index is -1.02. The molecule has 2 N–H and O–H groups in total. The first-order valence-electron chi connectivity index (χ1n) is 6.16. The van der Waals surface area contributed by atoms with E-state index in [1.807, 2.05) is 34.6 Å². The molecule has 0 saturated heterocycles. The summed E-state index contributed by atoms with van der Waals surface area (Å²) in [5.74, 6) is -0.168. The number of amides is 1. The molecule has 4 nitrogen and oxygen atoms in total. The minimum Gasteiger partial charge on any atom is -0.383 e. The van der Waals surface area contributed by atoms with Gasteiger partial charge in [-0.1, -0.05) is 13.8 Å². The van der Waals surface area contributed by atoms with Crippen LogP contribution in [0.25, 0.3) is 0 Å². The third-order valence-electron chi connectivity index (χ3n) is 2.35. The van der Waals surface area contributed by atoms with Crippen molar-refractivity contribution in [2.75, 3.05) is 0 Å². The Kier molecular flexibility index (Phi) is 6.39. The van der Waals surface area contributed by atoms with E-state index in [0.29, 0.717) is 19.3 Å². The molecule has 0 aromatic rings. The first-order valence-corrected chi connectivity index (χ1v) is 6.16. The van der Waals surface area contributed by atoms with Crippen LogP contribution in [-0.2, 0) is 9.59 Å². The molecule has 0 aliphatic rings. The summed E-state index contributed by atoms with van der Waals surface area (Å²) in [6.07, 6.45) is 0.294. The molecule has 0 aliphatic heterocycles. The molecule has 4 heteroatoms. The Bertz CT molecular complexity index is 266. The molecule has 0 aromatic heterocycles. The van der Waals surface area contributed by atoms with E-state index in [0.717, 1.165) is 0 Å². The fourth-order valence-corrected chi connectivity index (χ4v) is 1.34. The van der Waals surface area contributed by atoms with Crippen molar-refractivity contribution in [2.45, 2.75) is 65.5 Å². The molecule has 1 atom stereocenters. The van der Waals surface area contributed by atoms with E-state index in [2.05, 4.69) is 5.32 Å².